The number of nitro benzene ring substituents is 1. The van der Waals surface area contributed by atoms with Crippen molar-refractivity contribution in [1.82, 2.24) is 0 Å². The molecular formula is C13H7Cl2N2O4-. The van der Waals surface area contributed by atoms with E-state index in [-0.39, 0.29) is 15.7 Å². The van der Waals surface area contributed by atoms with Crippen LogP contribution in [0.1, 0.15) is 10.4 Å². The number of para-hydroxylation sites is 1. The van der Waals surface area contributed by atoms with Crippen LogP contribution in [0.3, 0.4) is 0 Å². The second kappa shape index (κ2) is 5.99. The summed E-state index contributed by atoms with van der Waals surface area (Å²) in [4.78, 5) is 21.9. The van der Waals surface area contributed by atoms with Crippen molar-refractivity contribution in [2.24, 2.45) is 0 Å². The Bertz CT molecular complexity index is 734. The van der Waals surface area contributed by atoms with Gasteiger partial charge in [-0.05, 0) is 23.9 Å². The Kier molecular flexibility index (Phi) is 4.30. The van der Waals surface area contributed by atoms with Gasteiger partial charge in [0.1, 0.15) is 0 Å². The maximum atomic E-state index is 12.1. The van der Waals surface area contributed by atoms with Gasteiger partial charge < -0.3 is 10.4 Å². The molecule has 0 fully saturated rings. The smallest absolute Gasteiger partial charge is 0.264 e. The second-order valence-corrected chi connectivity index (χ2v) is 4.84. The molecule has 1 N–H and O–H groups in total. The van der Waals surface area contributed by atoms with E-state index in [2.05, 4.69) is 5.32 Å². The molecule has 21 heavy (non-hydrogen) atoms. The maximum absolute atomic E-state index is 12.1. The quantitative estimate of drug-likeness (QED) is 0.692. The van der Waals surface area contributed by atoms with Crippen LogP contribution in [0.5, 0.6) is 5.75 Å². The molecule has 0 saturated carbocycles. The van der Waals surface area contributed by atoms with Gasteiger partial charge in [-0.3, -0.25) is 14.9 Å². The highest BCUT2D eigenvalue weighted by Gasteiger charge is 2.17. The molecule has 0 heterocycles. The Morgan fingerprint density at radius 1 is 1.19 bits per heavy atom. The number of benzene rings is 2. The molecule has 0 aromatic heterocycles. The van der Waals surface area contributed by atoms with Gasteiger partial charge in [-0.1, -0.05) is 35.3 Å². The Morgan fingerprint density at radius 3 is 2.48 bits per heavy atom. The lowest BCUT2D eigenvalue weighted by Gasteiger charge is -2.14. The molecule has 0 bridgehead atoms. The van der Waals surface area contributed by atoms with E-state index < -0.39 is 27.8 Å². The molecular weight excluding hydrogens is 319 g/mol. The highest BCUT2D eigenvalue weighted by molar-refractivity contribution is 6.34. The summed E-state index contributed by atoms with van der Waals surface area (Å²) >= 11 is 11.6. The van der Waals surface area contributed by atoms with Gasteiger partial charge in [0, 0.05) is 16.7 Å². The van der Waals surface area contributed by atoms with Gasteiger partial charge in [0.05, 0.1) is 15.6 Å². The lowest BCUT2D eigenvalue weighted by Crippen LogP contribution is -2.15. The molecule has 0 unspecified atom stereocenters. The predicted octanol–water partition coefficient (Wildman–Crippen LogP) is 3.23. The first-order chi connectivity index (χ1) is 9.90. The van der Waals surface area contributed by atoms with E-state index in [0.29, 0.717) is 0 Å². The average molecular weight is 326 g/mol. The molecule has 0 radical (unpaired) electrons. The first-order valence-corrected chi connectivity index (χ1v) is 6.36. The van der Waals surface area contributed by atoms with Crippen LogP contribution in [0, 0.1) is 10.1 Å². The Balaban J connectivity index is 2.40. The third kappa shape index (κ3) is 3.24. The summed E-state index contributed by atoms with van der Waals surface area (Å²) in [6.07, 6.45) is 0. The molecule has 2 aromatic carbocycles. The number of carbonyl (C=O) groups is 1. The Hall–Kier alpha value is -2.31. The number of hydrogen-bond donors (Lipinski definition) is 1. The Labute approximate surface area is 129 Å². The van der Waals surface area contributed by atoms with Gasteiger partial charge >= 0.3 is 0 Å². The maximum Gasteiger partial charge on any atom is 0.264 e. The van der Waals surface area contributed by atoms with Crippen LogP contribution in [0.15, 0.2) is 36.4 Å². The molecule has 108 valence electrons. The largest absolute Gasteiger partial charge is 0.867 e. The fourth-order valence-electron chi connectivity index (χ4n) is 1.64. The number of nitro groups is 1. The fourth-order valence-corrected chi connectivity index (χ4v) is 2.03. The van der Waals surface area contributed by atoms with Crippen molar-refractivity contribution < 1.29 is 14.8 Å². The van der Waals surface area contributed by atoms with Crippen molar-refractivity contribution in [2.75, 3.05) is 5.32 Å². The standard InChI is InChI=1S/C13H8Cl2N2O4/c14-7-5-8(12(18)11(6-7)17(20)21)13(19)16-10-4-2-1-3-9(10)15/h1-6,18H,(H,16,19)/p-1. The topological polar surface area (TPSA) is 95.3 Å². The van der Waals surface area contributed by atoms with Crippen LogP contribution in [-0.2, 0) is 0 Å². The third-order valence-corrected chi connectivity index (χ3v) is 3.15. The third-order valence-electron chi connectivity index (χ3n) is 2.60. The molecule has 0 aliphatic heterocycles. The number of nitrogens with zero attached hydrogens (tertiary/aromatic N) is 1. The lowest BCUT2D eigenvalue weighted by atomic mass is 10.1. The molecule has 8 heteroatoms. The summed E-state index contributed by atoms with van der Waals surface area (Å²) in [5, 5.41) is 25.2. The number of carbonyl (C=O) groups excluding carboxylic acids is 1. The molecule has 0 aliphatic rings. The van der Waals surface area contributed by atoms with E-state index >= 15 is 0 Å². The van der Waals surface area contributed by atoms with E-state index in [1.54, 1.807) is 18.2 Å². The van der Waals surface area contributed by atoms with E-state index in [9.17, 15) is 20.0 Å². The predicted molar refractivity (Wildman–Crippen MR) is 77.0 cm³/mol. The van der Waals surface area contributed by atoms with Gasteiger partial charge in [-0.15, -0.1) is 0 Å². The molecule has 0 spiro atoms. The fraction of sp³-hybridized carbons (Fsp3) is 0. The van der Waals surface area contributed by atoms with E-state index in [0.717, 1.165) is 12.1 Å². The minimum atomic E-state index is -1.01. The zero-order chi connectivity index (χ0) is 15.6. The van der Waals surface area contributed by atoms with Gasteiger partial charge in [-0.2, -0.15) is 0 Å². The van der Waals surface area contributed by atoms with Crippen LogP contribution in [-0.4, -0.2) is 10.8 Å². The number of nitrogens with one attached hydrogen (secondary N) is 1. The molecule has 0 atom stereocenters. The van der Waals surface area contributed by atoms with E-state index in [4.69, 9.17) is 23.2 Å². The van der Waals surface area contributed by atoms with Gasteiger partial charge in [0.25, 0.3) is 11.6 Å². The van der Waals surface area contributed by atoms with Crippen LogP contribution < -0.4 is 10.4 Å². The van der Waals surface area contributed by atoms with Crippen molar-refractivity contribution in [2.45, 2.75) is 0 Å². The van der Waals surface area contributed by atoms with Crippen LogP contribution in [0.2, 0.25) is 10.0 Å². The Morgan fingerprint density at radius 2 is 1.86 bits per heavy atom. The van der Waals surface area contributed by atoms with Crippen molar-refractivity contribution in [3.05, 3.63) is 62.1 Å². The number of anilines is 1. The summed E-state index contributed by atoms with van der Waals surface area (Å²) in [7, 11) is 0. The van der Waals surface area contributed by atoms with Crippen molar-refractivity contribution in [3.8, 4) is 5.75 Å². The van der Waals surface area contributed by atoms with Crippen molar-refractivity contribution in [3.63, 3.8) is 0 Å². The van der Waals surface area contributed by atoms with Crippen LogP contribution in [0.4, 0.5) is 11.4 Å². The highest BCUT2D eigenvalue weighted by atomic mass is 35.5. The summed E-state index contributed by atoms with van der Waals surface area (Å²) < 4.78 is 0. The summed E-state index contributed by atoms with van der Waals surface area (Å²) in [5.41, 5.74) is -0.896. The average Bonchev–Trinajstić information content (AvgIpc) is 2.43. The zero-order valence-corrected chi connectivity index (χ0v) is 11.8. The van der Waals surface area contributed by atoms with Crippen molar-refractivity contribution >= 4 is 40.5 Å². The number of rotatable bonds is 3. The first kappa shape index (κ1) is 15.1. The second-order valence-electron chi connectivity index (χ2n) is 3.99. The van der Waals surface area contributed by atoms with Crippen LogP contribution >= 0.6 is 23.2 Å². The normalized spacial score (nSPS) is 10.2. The molecule has 2 rings (SSSR count). The summed E-state index contributed by atoms with van der Waals surface area (Å²) in [6, 6.07) is 8.36. The monoisotopic (exact) mass is 325 g/mol. The minimum absolute atomic E-state index is 0.0781. The lowest BCUT2D eigenvalue weighted by molar-refractivity contribution is -0.398. The summed E-state index contributed by atoms with van der Waals surface area (Å²) in [6.45, 7) is 0. The SMILES string of the molecule is O=C(Nc1ccccc1Cl)c1cc(Cl)cc([N+](=O)[O-])c1[O-]. The number of halogens is 2. The molecule has 0 aliphatic carbocycles. The number of amides is 1. The molecule has 0 saturated heterocycles. The van der Waals surface area contributed by atoms with Crippen molar-refractivity contribution in [1.29, 1.82) is 0 Å². The van der Waals surface area contributed by atoms with Gasteiger partial charge in [-0.25, -0.2) is 0 Å². The minimum Gasteiger partial charge on any atom is -0.867 e. The number of hydrogen-bond acceptors (Lipinski definition) is 4. The van der Waals surface area contributed by atoms with Gasteiger partial charge in [0.15, 0.2) is 0 Å². The summed E-state index contributed by atoms with van der Waals surface area (Å²) in [5.74, 6) is -1.83. The van der Waals surface area contributed by atoms with Crippen LogP contribution in [0.25, 0.3) is 0 Å². The van der Waals surface area contributed by atoms with Gasteiger partial charge in [0.2, 0.25) is 0 Å². The molecule has 6 nitrogen and oxygen atoms in total. The molecule has 1 amide bonds. The first-order valence-electron chi connectivity index (χ1n) is 5.61. The van der Waals surface area contributed by atoms with E-state index in [1.165, 1.54) is 6.07 Å². The highest BCUT2D eigenvalue weighted by Crippen LogP contribution is 2.32. The molecule has 2 aromatic rings. The zero-order valence-electron chi connectivity index (χ0n) is 10.3. The van der Waals surface area contributed by atoms with E-state index in [1.807, 2.05) is 0 Å².